The Morgan fingerprint density at radius 1 is 0.609 bits per heavy atom. The van der Waals surface area contributed by atoms with E-state index in [9.17, 15) is 25.2 Å². The molecular weight excluding hydrogens is 588 g/mol. The lowest BCUT2D eigenvalue weighted by atomic mass is 9.99. The molecule has 0 amide bonds. The molecular formula is C37H72O9. The van der Waals surface area contributed by atoms with Crippen LogP contribution in [0, 0.1) is 0 Å². The predicted octanol–water partition coefficient (Wildman–Crippen LogP) is 7.13. The quantitative estimate of drug-likeness (QED) is 0.0439. The van der Waals surface area contributed by atoms with Crippen LogP contribution in [0.1, 0.15) is 168 Å². The Morgan fingerprint density at radius 2 is 1.07 bits per heavy atom. The number of hydrogen-bond donors (Lipinski definition) is 4. The van der Waals surface area contributed by atoms with E-state index in [1.54, 1.807) is 0 Å². The summed E-state index contributed by atoms with van der Waals surface area (Å²) in [7, 11) is 0. The first-order chi connectivity index (χ1) is 22.4. The number of aliphatic hydroxyl groups is 4. The van der Waals surface area contributed by atoms with Crippen LogP contribution in [0.15, 0.2) is 0 Å². The van der Waals surface area contributed by atoms with E-state index in [0.29, 0.717) is 13.0 Å². The van der Waals surface area contributed by atoms with E-state index in [-0.39, 0.29) is 19.2 Å². The van der Waals surface area contributed by atoms with Gasteiger partial charge < -0.3 is 39.4 Å². The van der Waals surface area contributed by atoms with Crippen LogP contribution in [0.4, 0.5) is 0 Å². The van der Waals surface area contributed by atoms with Gasteiger partial charge in [-0.05, 0) is 12.8 Å². The molecule has 1 fully saturated rings. The van der Waals surface area contributed by atoms with Crippen molar-refractivity contribution in [2.24, 2.45) is 0 Å². The fourth-order valence-corrected chi connectivity index (χ4v) is 5.96. The zero-order valence-electron chi connectivity index (χ0n) is 29.6. The third kappa shape index (κ3) is 21.9. The van der Waals surface area contributed by atoms with Gasteiger partial charge in [0, 0.05) is 13.0 Å². The van der Waals surface area contributed by atoms with Crippen molar-refractivity contribution in [3.63, 3.8) is 0 Å². The van der Waals surface area contributed by atoms with E-state index in [4.69, 9.17) is 18.9 Å². The van der Waals surface area contributed by atoms with Gasteiger partial charge in [-0.2, -0.15) is 0 Å². The highest BCUT2D eigenvalue weighted by molar-refractivity contribution is 5.69. The van der Waals surface area contributed by atoms with Crippen LogP contribution in [0.5, 0.6) is 0 Å². The number of hydrogen-bond acceptors (Lipinski definition) is 9. The number of unbranched alkanes of at least 4 members (excludes halogenated alkanes) is 21. The first-order valence-electron chi connectivity index (χ1n) is 19.1. The summed E-state index contributed by atoms with van der Waals surface area (Å²) in [5.74, 6) is -0.316. The maximum absolute atomic E-state index is 12.6. The summed E-state index contributed by atoms with van der Waals surface area (Å²) in [6.07, 6.45) is 21.4. The van der Waals surface area contributed by atoms with Gasteiger partial charge in [-0.25, -0.2) is 0 Å². The molecule has 274 valence electrons. The van der Waals surface area contributed by atoms with Crippen LogP contribution < -0.4 is 0 Å². The molecule has 6 unspecified atom stereocenters. The molecule has 6 atom stereocenters. The van der Waals surface area contributed by atoms with E-state index >= 15 is 0 Å². The zero-order valence-corrected chi connectivity index (χ0v) is 29.6. The van der Waals surface area contributed by atoms with Gasteiger partial charge in [-0.1, -0.05) is 149 Å². The van der Waals surface area contributed by atoms with Crippen molar-refractivity contribution in [2.45, 2.75) is 205 Å². The summed E-state index contributed by atoms with van der Waals surface area (Å²) in [6, 6.07) is 0. The van der Waals surface area contributed by atoms with Crippen LogP contribution >= 0.6 is 0 Å². The molecule has 0 aromatic rings. The average Bonchev–Trinajstić information content (AvgIpc) is 3.05. The molecule has 46 heavy (non-hydrogen) atoms. The highest BCUT2D eigenvalue weighted by Gasteiger charge is 2.44. The van der Waals surface area contributed by atoms with Crippen LogP contribution in [-0.2, 0) is 23.7 Å². The first-order valence-corrected chi connectivity index (χ1v) is 19.1. The topological polar surface area (TPSA) is 135 Å². The lowest BCUT2D eigenvalue weighted by Gasteiger charge is -2.39. The first kappa shape index (κ1) is 43.2. The van der Waals surface area contributed by atoms with Gasteiger partial charge in [-0.3, -0.25) is 4.79 Å². The Labute approximate surface area is 281 Å². The Hall–Kier alpha value is -0.810. The second kappa shape index (κ2) is 30.3. The van der Waals surface area contributed by atoms with Crippen LogP contribution in [0.25, 0.3) is 0 Å². The summed E-state index contributed by atoms with van der Waals surface area (Å²) in [5.41, 5.74) is 0. The fraction of sp³-hybridized carbons (Fsp3) is 0.973. The van der Waals surface area contributed by atoms with Crippen LogP contribution in [0.2, 0.25) is 0 Å². The summed E-state index contributed by atoms with van der Waals surface area (Å²) < 4.78 is 22.6. The Morgan fingerprint density at radius 3 is 1.54 bits per heavy atom. The largest absolute Gasteiger partial charge is 0.457 e. The summed E-state index contributed by atoms with van der Waals surface area (Å²) in [6.45, 7) is 4.54. The minimum atomic E-state index is -1.53. The van der Waals surface area contributed by atoms with E-state index in [2.05, 4.69) is 13.8 Å². The minimum Gasteiger partial charge on any atom is -0.457 e. The van der Waals surface area contributed by atoms with Crippen molar-refractivity contribution in [3.05, 3.63) is 0 Å². The van der Waals surface area contributed by atoms with Crippen molar-refractivity contribution in [2.75, 3.05) is 26.4 Å². The Kier molecular flexibility index (Phi) is 28.4. The summed E-state index contributed by atoms with van der Waals surface area (Å²) in [4.78, 5) is 12.6. The second-order valence-corrected chi connectivity index (χ2v) is 13.4. The van der Waals surface area contributed by atoms with Crippen molar-refractivity contribution < 1.29 is 44.2 Å². The summed E-state index contributed by atoms with van der Waals surface area (Å²) >= 11 is 0. The molecule has 0 radical (unpaired) electrons. The smallest absolute Gasteiger partial charge is 0.306 e. The molecule has 9 nitrogen and oxygen atoms in total. The molecule has 0 bridgehead atoms. The van der Waals surface area contributed by atoms with Crippen molar-refractivity contribution in [1.29, 1.82) is 0 Å². The van der Waals surface area contributed by atoms with Gasteiger partial charge in [0.05, 0.1) is 19.8 Å². The molecule has 1 aliphatic heterocycles. The van der Waals surface area contributed by atoms with Crippen LogP contribution in [0.3, 0.4) is 0 Å². The van der Waals surface area contributed by atoms with Crippen molar-refractivity contribution in [1.82, 2.24) is 0 Å². The third-order valence-electron chi connectivity index (χ3n) is 9.02. The van der Waals surface area contributed by atoms with Gasteiger partial charge in [0.25, 0.3) is 0 Å². The zero-order chi connectivity index (χ0) is 33.7. The average molecular weight is 661 g/mol. The maximum atomic E-state index is 12.6. The van der Waals surface area contributed by atoms with Gasteiger partial charge in [0.15, 0.2) is 6.29 Å². The van der Waals surface area contributed by atoms with Gasteiger partial charge >= 0.3 is 5.97 Å². The highest BCUT2D eigenvalue weighted by Crippen LogP contribution is 2.22. The standard InChI is InChI=1S/C37H72O9/c1-3-5-7-9-11-13-14-15-16-17-18-19-21-23-25-27-43-29-31(45-33(39)26-24-22-20-12-10-8-6-4-2)30-44-37-36(42)35(41)34(40)32(28-38)46-37/h31-32,34-38,40-42H,3-30H2,1-2H3. The van der Waals surface area contributed by atoms with E-state index in [0.717, 1.165) is 32.1 Å². The van der Waals surface area contributed by atoms with Gasteiger partial charge in [0.1, 0.15) is 30.5 Å². The highest BCUT2D eigenvalue weighted by atomic mass is 16.7. The molecule has 0 spiro atoms. The molecule has 1 rings (SSSR count). The number of carbonyl (C=O) groups excluding carboxylic acids is 1. The van der Waals surface area contributed by atoms with E-state index < -0.39 is 43.4 Å². The molecule has 0 aromatic heterocycles. The lowest BCUT2D eigenvalue weighted by molar-refractivity contribution is -0.305. The van der Waals surface area contributed by atoms with Crippen LogP contribution in [-0.4, -0.2) is 89.6 Å². The summed E-state index contributed by atoms with van der Waals surface area (Å²) in [5, 5.41) is 39.8. The normalized spacial score (nSPS) is 22.3. The number of rotatable bonds is 32. The number of carbonyl (C=O) groups is 1. The van der Waals surface area contributed by atoms with E-state index in [1.807, 2.05) is 0 Å². The molecule has 1 saturated heterocycles. The monoisotopic (exact) mass is 661 g/mol. The Balaban J connectivity index is 2.28. The van der Waals surface area contributed by atoms with Gasteiger partial charge in [0.2, 0.25) is 0 Å². The molecule has 1 heterocycles. The molecule has 9 heteroatoms. The van der Waals surface area contributed by atoms with Gasteiger partial charge in [-0.15, -0.1) is 0 Å². The molecule has 0 aliphatic carbocycles. The molecule has 0 saturated carbocycles. The third-order valence-corrected chi connectivity index (χ3v) is 9.02. The number of esters is 1. The SMILES string of the molecule is CCCCCCCCCCCCCCCCCOCC(COC1OC(CO)C(O)C(O)C1O)OC(=O)CCCCCCCCCC. The van der Waals surface area contributed by atoms with E-state index in [1.165, 1.54) is 116 Å². The number of aliphatic hydroxyl groups excluding tert-OH is 4. The number of ether oxygens (including phenoxy) is 4. The molecule has 1 aliphatic rings. The molecule has 4 N–H and O–H groups in total. The fourth-order valence-electron chi connectivity index (χ4n) is 5.96. The van der Waals surface area contributed by atoms with Crippen molar-refractivity contribution >= 4 is 5.97 Å². The maximum Gasteiger partial charge on any atom is 0.306 e. The Bertz CT molecular complexity index is 677. The van der Waals surface area contributed by atoms with Crippen molar-refractivity contribution in [3.8, 4) is 0 Å². The predicted molar refractivity (Wildman–Crippen MR) is 183 cm³/mol. The minimum absolute atomic E-state index is 0.106. The lowest BCUT2D eigenvalue weighted by Crippen LogP contribution is -2.59. The second-order valence-electron chi connectivity index (χ2n) is 13.4. The molecule has 0 aromatic carbocycles.